The molecule has 0 saturated heterocycles. The summed E-state index contributed by atoms with van der Waals surface area (Å²) in [4.78, 5) is 28.0. The van der Waals surface area contributed by atoms with Crippen LogP contribution in [-0.4, -0.2) is 27.5 Å². The Morgan fingerprint density at radius 2 is 2.14 bits per heavy atom. The molecule has 7 heteroatoms. The van der Waals surface area contributed by atoms with Gasteiger partial charge in [-0.15, -0.1) is 11.3 Å². The predicted molar refractivity (Wildman–Crippen MR) is 82.9 cm³/mol. The number of aromatic nitrogens is 1. The second-order valence-corrected chi connectivity index (χ2v) is 6.63. The van der Waals surface area contributed by atoms with Gasteiger partial charge in [0.15, 0.2) is 5.76 Å². The third kappa shape index (κ3) is 3.04. The van der Waals surface area contributed by atoms with Gasteiger partial charge in [0.2, 0.25) is 0 Å². The molecule has 0 aliphatic heterocycles. The van der Waals surface area contributed by atoms with Crippen LogP contribution in [0, 0.1) is 12.8 Å². The fraction of sp³-hybridized carbons (Fsp3) is 0.400. The number of carbonyl (C=O) groups is 2. The van der Waals surface area contributed by atoms with E-state index in [1.165, 1.54) is 24.5 Å². The van der Waals surface area contributed by atoms with Crippen LogP contribution in [0.4, 0.5) is 0 Å². The smallest absolute Gasteiger partial charge is 0.329 e. The molecule has 1 amide bonds. The van der Waals surface area contributed by atoms with Crippen molar-refractivity contribution < 1.29 is 19.1 Å². The molecule has 6 nitrogen and oxygen atoms in total. The number of carboxylic acid groups (broad SMARTS) is 1. The fourth-order valence-electron chi connectivity index (χ4n) is 1.82. The van der Waals surface area contributed by atoms with Crippen LogP contribution < -0.4 is 5.32 Å². The van der Waals surface area contributed by atoms with Gasteiger partial charge in [-0.1, -0.05) is 13.8 Å². The number of amides is 1. The van der Waals surface area contributed by atoms with Crippen molar-refractivity contribution in [3.8, 4) is 11.5 Å². The summed E-state index contributed by atoms with van der Waals surface area (Å²) >= 11 is 1.49. The van der Waals surface area contributed by atoms with Crippen molar-refractivity contribution in [1.82, 2.24) is 10.3 Å². The molecule has 0 aromatic carbocycles. The van der Waals surface area contributed by atoms with Crippen molar-refractivity contribution in [2.75, 3.05) is 0 Å². The Hall–Kier alpha value is -2.15. The van der Waals surface area contributed by atoms with Gasteiger partial charge < -0.3 is 14.8 Å². The van der Waals surface area contributed by atoms with Gasteiger partial charge in [-0.3, -0.25) is 4.79 Å². The Morgan fingerprint density at radius 1 is 1.45 bits per heavy atom. The van der Waals surface area contributed by atoms with Crippen LogP contribution in [0.1, 0.15) is 36.1 Å². The number of furan rings is 1. The number of nitrogens with one attached hydrogen (secondary N) is 1. The molecule has 2 aromatic rings. The van der Waals surface area contributed by atoms with Crippen molar-refractivity contribution >= 4 is 23.2 Å². The molecule has 0 radical (unpaired) electrons. The van der Waals surface area contributed by atoms with Gasteiger partial charge in [0.1, 0.15) is 17.5 Å². The predicted octanol–water partition coefficient (Wildman–Crippen LogP) is 2.94. The Morgan fingerprint density at radius 3 is 2.64 bits per heavy atom. The first-order valence-corrected chi connectivity index (χ1v) is 7.69. The molecule has 0 spiro atoms. The zero-order valence-corrected chi connectivity index (χ0v) is 13.7. The van der Waals surface area contributed by atoms with E-state index in [0.29, 0.717) is 11.5 Å². The fourth-order valence-corrected chi connectivity index (χ4v) is 2.42. The number of carboxylic acids is 1. The summed E-state index contributed by atoms with van der Waals surface area (Å²) in [5, 5.41) is 14.6. The minimum absolute atomic E-state index is 0.262. The number of thiazole rings is 1. The Bertz CT molecular complexity index is 704. The SMILES string of the molecule is Cc1nc(-c2cc(C(=O)N[C@](C)(C(=O)O)C(C)C)co2)cs1. The highest BCUT2D eigenvalue weighted by Gasteiger charge is 2.38. The second kappa shape index (κ2) is 5.92. The van der Waals surface area contributed by atoms with Gasteiger partial charge in [-0.25, -0.2) is 9.78 Å². The summed E-state index contributed by atoms with van der Waals surface area (Å²) in [5.74, 6) is -1.34. The molecule has 0 aliphatic rings. The lowest BCUT2D eigenvalue weighted by Crippen LogP contribution is -2.55. The third-order valence-electron chi connectivity index (χ3n) is 3.71. The molecular formula is C15H18N2O4S. The highest BCUT2D eigenvalue weighted by Crippen LogP contribution is 2.24. The first-order chi connectivity index (χ1) is 10.2. The topological polar surface area (TPSA) is 92.4 Å². The van der Waals surface area contributed by atoms with Crippen LogP contribution in [0.15, 0.2) is 22.1 Å². The summed E-state index contributed by atoms with van der Waals surface area (Å²) in [7, 11) is 0. The maximum atomic E-state index is 12.3. The van der Waals surface area contributed by atoms with E-state index in [4.69, 9.17) is 4.42 Å². The average Bonchev–Trinajstić information content (AvgIpc) is 3.06. The Labute approximate surface area is 132 Å². The Balaban J connectivity index is 2.20. The minimum Gasteiger partial charge on any atom is -0.480 e. The Kier molecular flexibility index (Phi) is 4.37. The zero-order valence-electron chi connectivity index (χ0n) is 12.8. The number of carbonyl (C=O) groups excluding carboxylic acids is 1. The number of rotatable bonds is 5. The van der Waals surface area contributed by atoms with Crippen LogP contribution in [0.5, 0.6) is 0 Å². The molecule has 118 valence electrons. The highest BCUT2D eigenvalue weighted by atomic mass is 32.1. The standard InChI is InChI=1S/C15H18N2O4S/c1-8(2)15(4,14(19)20)17-13(18)10-5-12(21-6-10)11-7-22-9(3)16-11/h5-8H,1-4H3,(H,17,18)(H,19,20)/t15-/m0/s1. The van der Waals surface area contributed by atoms with E-state index in [1.54, 1.807) is 19.9 Å². The van der Waals surface area contributed by atoms with E-state index in [-0.39, 0.29) is 11.5 Å². The molecule has 0 bridgehead atoms. The van der Waals surface area contributed by atoms with Crippen molar-refractivity contribution in [2.24, 2.45) is 5.92 Å². The normalized spacial score (nSPS) is 13.9. The second-order valence-electron chi connectivity index (χ2n) is 5.57. The molecule has 2 N–H and O–H groups in total. The van der Waals surface area contributed by atoms with Gasteiger partial charge in [0.05, 0.1) is 10.6 Å². The van der Waals surface area contributed by atoms with Crippen molar-refractivity contribution in [2.45, 2.75) is 33.2 Å². The molecule has 0 saturated carbocycles. The van der Waals surface area contributed by atoms with Crippen LogP contribution in [0.3, 0.4) is 0 Å². The van der Waals surface area contributed by atoms with Crippen molar-refractivity contribution in [3.05, 3.63) is 28.3 Å². The lowest BCUT2D eigenvalue weighted by molar-refractivity contribution is -0.145. The van der Waals surface area contributed by atoms with E-state index in [2.05, 4.69) is 10.3 Å². The van der Waals surface area contributed by atoms with E-state index in [1.807, 2.05) is 12.3 Å². The van der Waals surface area contributed by atoms with E-state index in [9.17, 15) is 14.7 Å². The summed E-state index contributed by atoms with van der Waals surface area (Å²) in [5.41, 5.74) is -0.411. The van der Waals surface area contributed by atoms with Crippen LogP contribution in [0.25, 0.3) is 11.5 Å². The first-order valence-electron chi connectivity index (χ1n) is 6.81. The maximum absolute atomic E-state index is 12.3. The highest BCUT2D eigenvalue weighted by molar-refractivity contribution is 7.09. The summed E-state index contributed by atoms with van der Waals surface area (Å²) < 4.78 is 5.36. The van der Waals surface area contributed by atoms with E-state index < -0.39 is 17.4 Å². The van der Waals surface area contributed by atoms with Crippen molar-refractivity contribution in [1.29, 1.82) is 0 Å². The van der Waals surface area contributed by atoms with Crippen LogP contribution in [-0.2, 0) is 4.79 Å². The first kappa shape index (κ1) is 16.2. The van der Waals surface area contributed by atoms with E-state index >= 15 is 0 Å². The average molecular weight is 322 g/mol. The summed E-state index contributed by atoms with van der Waals surface area (Å²) in [6, 6.07) is 1.56. The van der Waals surface area contributed by atoms with Crippen molar-refractivity contribution in [3.63, 3.8) is 0 Å². The number of hydrogen-bond donors (Lipinski definition) is 2. The lowest BCUT2D eigenvalue weighted by atomic mass is 9.88. The molecule has 2 rings (SSSR count). The van der Waals surface area contributed by atoms with Crippen LogP contribution in [0.2, 0.25) is 0 Å². The molecule has 2 aromatic heterocycles. The zero-order chi connectivity index (χ0) is 16.5. The molecule has 1 atom stereocenters. The summed E-state index contributed by atoms with van der Waals surface area (Å²) in [6.45, 7) is 6.86. The van der Waals surface area contributed by atoms with Gasteiger partial charge in [0.25, 0.3) is 5.91 Å². The van der Waals surface area contributed by atoms with Crippen LogP contribution >= 0.6 is 11.3 Å². The number of aryl methyl sites for hydroxylation is 1. The molecule has 0 fully saturated rings. The lowest BCUT2D eigenvalue weighted by Gasteiger charge is -2.29. The number of hydrogen-bond acceptors (Lipinski definition) is 5. The summed E-state index contributed by atoms with van der Waals surface area (Å²) in [6.07, 6.45) is 1.31. The van der Waals surface area contributed by atoms with Gasteiger partial charge in [-0.2, -0.15) is 0 Å². The molecule has 2 heterocycles. The van der Waals surface area contributed by atoms with E-state index in [0.717, 1.165) is 5.01 Å². The van der Waals surface area contributed by atoms with Gasteiger partial charge in [0, 0.05) is 5.38 Å². The van der Waals surface area contributed by atoms with Gasteiger partial charge >= 0.3 is 5.97 Å². The molecule has 0 aliphatic carbocycles. The maximum Gasteiger partial charge on any atom is 0.329 e. The minimum atomic E-state index is -1.34. The molecule has 0 unspecified atom stereocenters. The number of aliphatic carboxylic acids is 1. The largest absolute Gasteiger partial charge is 0.480 e. The monoisotopic (exact) mass is 322 g/mol. The number of nitrogens with zero attached hydrogens (tertiary/aromatic N) is 1. The molecular weight excluding hydrogens is 304 g/mol. The quantitative estimate of drug-likeness (QED) is 0.883. The third-order valence-corrected chi connectivity index (χ3v) is 4.48. The molecule has 22 heavy (non-hydrogen) atoms. The van der Waals surface area contributed by atoms with Gasteiger partial charge in [-0.05, 0) is 25.8 Å².